The summed E-state index contributed by atoms with van der Waals surface area (Å²) >= 11 is 0. The van der Waals surface area contributed by atoms with Crippen LogP contribution in [0.2, 0.25) is 0 Å². The molecule has 3 aliphatic rings. The second-order valence-electron chi connectivity index (χ2n) is 9.36. The predicted molar refractivity (Wildman–Crippen MR) is 132 cm³/mol. The number of fused-ring (bicyclic) bond motifs is 3. The van der Waals surface area contributed by atoms with Crippen LogP contribution in [0.5, 0.6) is 5.75 Å². The van der Waals surface area contributed by atoms with Gasteiger partial charge in [-0.2, -0.15) is 0 Å². The Morgan fingerprint density at radius 2 is 2.09 bits per heavy atom. The van der Waals surface area contributed by atoms with Gasteiger partial charge < -0.3 is 25.0 Å². The maximum Gasteiger partial charge on any atom is 0.322 e. The summed E-state index contributed by atoms with van der Waals surface area (Å²) in [6.07, 6.45) is 7.99. The molecule has 2 heterocycles. The normalized spacial score (nSPS) is 24.1. The van der Waals surface area contributed by atoms with Crippen LogP contribution in [0.4, 0.5) is 16.2 Å². The number of ether oxygens (including phenoxy) is 1. The summed E-state index contributed by atoms with van der Waals surface area (Å²) in [5.74, 6) is 0.904. The molecular formula is C27H33N3O3. The molecule has 2 amide bonds. The van der Waals surface area contributed by atoms with Crippen molar-refractivity contribution < 1.29 is 14.6 Å². The SMILES string of the molecule is COc1cccc(NC(=O)N2CC[C@H]3[C@@H]2c2cc(C4=CCCCC4)ccc2N(C)[C@H]3CO)c1. The fourth-order valence-electron chi connectivity index (χ4n) is 5.88. The first-order valence-corrected chi connectivity index (χ1v) is 12.0. The molecule has 1 fully saturated rings. The van der Waals surface area contributed by atoms with Crippen LogP contribution >= 0.6 is 0 Å². The van der Waals surface area contributed by atoms with E-state index in [1.165, 1.54) is 29.5 Å². The minimum atomic E-state index is -0.106. The summed E-state index contributed by atoms with van der Waals surface area (Å²) in [6.45, 7) is 0.747. The molecule has 5 rings (SSSR count). The Hall–Kier alpha value is -2.99. The van der Waals surface area contributed by atoms with E-state index in [2.05, 4.69) is 41.5 Å². The van der Waals surface area contributed by atoms with Gasteiger partial charge in [0.05, 0.1) is 25.8 Å². The first-order chi connectivity index (χ1) is 16.1. The number of hydrogen-bond acceptors (Lipinski definition) is 4. The minimum Gasteiger partial charge on any atom is -0.497 e. The number of carbonyl (C=O) groups is 1. The Morgan fingerprint density at radius 3 is 2.85 bits per heavy atom. The molecule has 1 saturated heterocycles. The number of aliphatic hydroxyl groups excluding tert-OH is 1. The van der Waals surface area contributed by atoms with Gasteiger partial charge in [-0.1, -0.05) is 18.2 Å². The average Bonchev–Trinajstić information content (AvgIpc) is 3.30. The largest absolute Gasteiger partial charge is 0.497 e. The van der Waals surface area contributed by atoms with Gasteiger partial charge in [-0.05, 0) is 73.1 Å². The molecule has 2 aromatic carbocycles. The van der Waals surface area contributed by atoms with Gasteiger partial charge in [0.1, 0.15) is 5.75 Å². The van der Waals surface area contributed by atoms with E-state index in [0.717, 1.165) is 30.6 Å². The smallest absolute Gasteiger partial charge is 0.322 e. The summed E-state index contributed by atoms with van der Waals surface area (Å²) in [4.78, 5) is 17.6. The Morgan fingerprint density at radius 1 is 1.21 bits per heavy atom. The van der Waals surface area contributed by atoms with Crippen LogP contribution in [-0.2, 0) is 0 Å². The number of likely N-dealkylation sites (N-methyl/N-ethyl adjacent to an activating group) is 1. The summed E-state index contributed by atoms with van der Waals surface area (Å²) in [7, 11) is 3.68. The number of amides is 2. The minimum absolute atomic E-state index is 0.00290. The summed E-state index contributed by atoms with van der Waals surface area (Å²) in [5.41, 5.74) is 5.70. The summed E-state index contributed by atoms with van der Waals surface area (Å²) in [6, 6.07) is 14.0. The number of allylic oxidation sites excluding steroid dienone is 2. The third-order valence-electron chi connectivity index (χ3n) is 7.59. The molecule has 0 spiro atoms. The molecule has 0 saturated carbocycles. The quantitative estimate of drug-likeness (QED) is 0.688. The van der Waals surface area contributed by atoms with Gasteiger partial charge >= 0.3 is 6.03 Å². The molecule has 1 aliphatic carbocycles. The van der Waals surface area contributed by atoms with Crippen molar-refractivity contribution in [2.45, 2.75) is 44.2 Å². The van der Waals surface area contributed by atoms with Gasteiger partial charge in [-0.15, -0.1) is 0 Å². The number of methoxy groups -OCH3 is 1. The van der Waals surface area contributed by atoms with E-state index in [1.807, 2.05) is 29.2 Å². The molecule has 6 heteroatoms. The van der Waals surface area contributed by atoms with Crippen molar-refractivity contribution in [3.05, 3.63) is 59.7 Å². The van der Waals surface area contributed by atoms with E-state index < -0.39 is 0 Å². The number of nitrogens with one attached hydrogen (secondary N) is 1. The Labute approximate surface area is 195 Å². The number of nitrogens with zero attached hydrogens (tertiary/aromatic N) is 2. The summed E-state index contributed by atoms with van der Waals surface area (Å²) < 4.78 is 5.30. The highest BCUT2D eigenvalue weighted by atomic mass is 16.5. The number of likely N-dealkylation sites (tertiary alicyclic amines) is 1. The number of hydrogen-bond donors (Lipinski definition) is 2. The molecule has 174 valence electrons. The summed E-state index contributed by atoms with van der Waals surface area (Å²) in [5, 5.41) is 13.3. The Kier molecular flexibility index (Phi) is 6.02. The van der Waals surface area contributed by atoms with Crippen molar-refractivity contribution in [1.82, 2.24) is 4.90 Å². The number of carbonyl (C=O) groups excluding carboxylic acids is 1. The lowest BCUT2D eigenvalue weighted by molar-refractivity contribution is 0.168. The first-order valence-electron chi connectivity index (χ1n) is 12.0. The topological polar surface area (TPSA) is 65.0 Å². The third kappa shape index (κ3) is 3.97. The zero-order valence-corrected chi connectivity index (χ0v) is 19.5. The van der Waals surface area contributed by atoms with Crippen molar-refractivity contribution in [3.8, 4) is 5.75 Å². The van der Waals surface area contributed by atoms with Crippen molar-refractivity contribution in [2.24, 2.45) is 5.92 Å². The van der Waals surface area contributed by atoms with E-state index in [1.54, 1.807) is 7.11 Å². The number of anilines is 2. The first kappa shape index (κ1) is 21.8. The van der Waals surface area contributed by atoms with Crippen molar-refractivity contribution >= 4 is 23.0 Å². The maximum atomic E-state index is 13.4. The Balaban J connectivity index is 1.49. The highest BCUT2D eigenvalue weighted by Gasteiger charge is 2.47. The highest BCUT2D eigenvalue weighted by molar-refractivity contribution is 5.90. The molecule has 0 unspecified atom stereocenters. The van der Waals surface area contributed by atoms with Gasteiger partial charge in [-0.25, -0.2) is 4.79 Å². The van der Waals surface area contributed by atoms with Crippen LogP contribution in [0.1, 0.15) is 49.3 Å². The van der Waals surface area contributed by atoms with E-state index in [0.29, 0.717) is 12.3 Å². The molecule has 3 atom stereocenters. The van der Waals surface area contributed by atoms with Crippen LogP contribution in [-0.4, -0.2) is 49.4 Å². The molecule has 0 aromatic heterocycles. The number of rotatable bonds is 4. The van der Waals surface area contributed by atoms with Gasteiger partial charge in [-0.3, -0.25) is 0 Å². The molecule has 0 bridgehead atoms. The highest BCUT2D eigenvalue weighted by Crippen LogP contribution is 2.49. The third-order valence-corrected chi connectivity index (χ3v) is 7.59. The molecule has 0 radical (unpaired) electrons. The molecule has 6 nitrogen and oxygen atoms in total. The van der Waals surface area contributed by atoms with Crippen molar-refractivity contribution in [1.29, 1.82) is 0 Å². The van der Waals surface area contributed by atoms with E-state index in [9.17, 15) is 9.90 Å². The number of urea groups is 1. The zero-order chi connectivity index (χ0) is 22.9. The number of aliphatic hydroxyl groups is 1. The molecule has 33 heavy (non-hydrogen) atoms. The standard InChI is InChI=1S/C27H33N3O3/c1-29-24-12-11-19(18-7-4-3-5-8-18)15-23(24)26-22(25(29)17-31)13-14-30(26)27(32)28-20-9-6-10-21(16-20)33-2/h6-7,9-12,15-16,22,25-26,31H,3-5,8,13-14,17H2,1-2H3,(H,28,32)/t22-,25+,26-/m1/s1. The second-order valence-corrected chi connectivity index (χ2v) is 9.36. The lowest BCUT2D eigenvalue weighted by Gasteiger charge is -2.44. The van der Waals surface area contributed by atoms with Gasteiger partial charge in [0, 0.05) is 37.0 Å². The van der Waals surface area contributed by atoms with Crippen LogP contribution in [0, 0.1) is 5.92 Å². The average molecular weight is 448 g/mol. The Bertz CT molecular complexity index is 1070. The van der Waals surface area contributed by atoms with Crippen LogP contribution < -0.4 is 15.0 Å². The van der Waals surface area contributed by atoms with E-state index in [-0.39, 0.29) is 30.6 Å². The zero-order valence-electron chi connectivity index (χ0n) is 19.5. The monoisotopic (exact) mass is 447 g/mol. The van der Waals surface area contributed by atoms with E-state index in [4.69, 9.17) is 4.74 Å². The van der Waals surface area contributed by atoms with Crippen molar-refractivity contribution in [3.63, 3.8) is 0 Å². The predicted octanol–water partition coefficient (Wildman–Crippen LogP) is 5.06. The van der Waals surface area contributed by atoms with Gasteiger partial charge in [0.15, 0.2) is 0 Å². The van der Waals surface area contributed by atoms with Crippen molar-refractivity contribution in [2.75, 3.05) is 37.5 Å². The molecular weight excluding hydrogens is 414 g/mol. The molecule has 2 N–H and O–H groups in total. The van der Waals surface area contributed by atoms with E-state index >= 15 is 0 Å². The second kappa shape index (κ2) is 9.10. The maximum absolute atomic E-state index is 13.4. The molecule has 2 aromatic rings. The lowest BCUT2D eigenvalue weighted by Crippen LogP contribution is -2.48. The fourth-order valence-corrected chi connectivity index (χ4v) is 5.88. The van der Waals surface area contributed by atoms with Crippen LogP contribution in [0.3, 0.4) is 0 Å². The van der Waals surface area contributed by atoms with Crippen LogP contribution in [0.25, 0.3) is 5.57 Å². The molecule has 2 aliphatic heterocycles. The van der Waals surface area contributed by atoms with Gasteiger partial charge in [0.2, 0.25) is 0 Å². The van der Waals surface area contributed by atoms with Crippen LogP contribution in [0.15, 0.2) is 48.5 Å². The van der Waals surface area contributed by atoms with Gasteiger partial charge in [0.25, 0.3) is 0 Å². The lowest BCUT2D eigenvalue weighted by atomic mass is 9.80. The fraction of sp³-hybridized carbons (Fsp3) is 0.444. The number of benzene rings is 2.